The molecule has 0 unspecified atom stereocenters. The van der Waals surface area contributed by atoms with Gasteiger partial charge in [0, 0.05) is 19.3 Å². The third-order valence-electron chi connectivity index (χ3n) is 2.58. The zero-order valence-electron chi connectivity index (χ0n) is 9.25. The van der Waals surface area contributed by atoms with Crippen LogP contribution in [0.1, 0.15) is 12.6 Å². The highest BCUT2D eigenvalue weighted by molar-refractivity contribution is 5.77. The van der Waals surface area contributed by atoms with Crippen molar-refractivity contribution in [2.24, 2.45) is 0 Å². The predicted molar refractivity (Wildman–Crippen MR) is 57.7 cm³/mol. The molecule has 0 atom stereocenters. The normalized spacial score (nSPS) is 17.8. The predicted octanol–water partition coefficient (Wildman–Crippen LogP) is -0.596. The van der Waals surface area contributed by atoms with E-state index in [1.54, 1.807) is 12.5 Å². The number of carbonyl (C=O) groups excluding carboxylic acids is 1. The van der Waals surface area contributed by atoms with Crippen LogP contribution in [-0.2, 0) is 16.1 Å². The van der Waals surface area contributed by atoms with Gasteiger partial charge in [-0.2, -0.15) is 0 Å². The van der Waals surface area contributed by atoms with E-state index in [2.05, 4.69) is 20.6 Å². The van der Waals surface area contributed by atoms with Gasteiger partial charge in [-0.15, -0.1) is 0 Å². The summed E-state index contributed by atoms with van der Waals surface area (Å²) in [5.74, 6) is -0.109. The van der Waals surface area contributed by atoms with Gasteiger partial charge >= 0.3 is 0 Å². The molecule has 1 fully saturated rings. The van der Waals surface area contributed by atoms with E-state index in [9.17, 15) is 4.79 Å². The Labute approximate surface area is 93.8 Å². The summed E-state index contributed by atoms with van der Waals surface area (Å²) in [6.07, 6.45) is 3.26. The van der Waals surface area contributed by atoms with Crippen molar-refractivity contribution < 1.29 is 9.53 Å². The van der Waals surface area contributed by atoms with Crippen LogP contribution in [0.3, 0.4) is 0 Å². The smallest absolute Gasteiger partial charge is 0.246 e. The van der Waals surface area contributed by atoms with E-state index in [4.69, 9.17) is 4.74 Å². The SMILES string of the molecule is CC1(OCC(=O)NCc2cnc[nH]2)CNC1. The largest absolute Gasteiger partial charge is 0.363 e. The quantitative estimate of drug-likeness (QED) is 0.624. The molecule has 2 heterocycles. The number of ether oxygens (including phenoxy) is 1. The number of imidazole rings is 1. The highest BCUT2D eigenvalue weighted by Crippen LogP contribution is 2.14. The van der Waals surface area contributed by atoms with Crippen LogP contribution in [0.4, 0.5) is 0 Å². The molecule has 0 aromatic carbocycles. The van der Waals surface area contributed by atoms with Crippen molar-refractivity contribution in [1.82, 2.24) is 20.6 Å². The lowest BCUT2D eigenvalue weighted by Gasteiger charge is -2.38. The van der Waals surface area contributed by atoms with E-state index >= 15 is 0 Å². The lowest BCUT2D eigenvalue weighted by molar-refractivity contribution is -0.136. The fourth-order valence-electron chi connectivity index (χ4n) is 1.45. The molecule has 2 rings (SSSR count). The molecular formula is C10H16N4O2. The topological polar surface area (TPSA) is 79.0 Å². The zero-order chi connectivity index (χ0) is 11.4. The Morgan fingerprint density at radius 2 is 2.50 bits per heavy atom. The number of amides is 1. The van der Waals surface area contributed by atoms with Crippen LogP contribution in [0.2, 0.25) is 0 Å². The molecule has 1 aromatic heterocycles. The molecule has 1 aromatic rings. The summed E-state index contributed by atoms with van der Waals surface area (Å²) in [6, 6.07) is 0. The van der Waals surface area contributed by atoms with Gasteiger partial charge in [-0.25, -0.2) is 4.98 Å². The first-order valence-corrected chi connectivity index (χ1v) is 5.27. The van der Waals surface area contributed by atoms with E-state index in [-0.39, 0.29) is 18.1 Å². The molecule has 0 aliphatic carbocycles. The maximum atomic E-state index is 11.4. The monoisotopic (exact) mass is 224 g/mol. The summed E-state index contributed by atoms with van der Waals surface area (Å²) >= 11 is 0. The van der Waals surface area contributed by atoms with Crippen molar-refractivity contribution in [1.29, 1.82) is 0 Å². The minimum absolute atomic E-state index is 0.103. The van der Waals surface area contributed by atoms with Gasteiger partial charge in [0.2, 0.25) is 5.91 Å². The fraction of sp³-hybridized carbons (Fsp3) is 0.600. The Morgan fingerprint density at radius 1 is 1.69 bits per heavy atom. The lowest BCUT2D eigenvalue weighted by atomic mass is 10.0. The minimum Gasteiger partial charge on any atom is -0.363 e. The summed E-state index contributed by atoms with van der Waals surface area (Å²) in [6.45, 7) is 4.16. The average molecular weight is 224 g/mol. The van der Waals surface area contributed by atoms with E-state index < -0.39 is 0 Å². The summed E-state index contributed by atoms with van der Waals surface area (Å²) in [7, 11) is 0. The lowest BCUT2D eigenvalue weighted by Crippen LogP contribution is -2.59. The third-order valence-corrected chi connectivity index (χ3v) is 2.58. The Morgan fingerprint density at radius 3 is 3.06 bits per heavy atom. The number of hydrogen-bond donors (Lipinski definition) is 3. The van der Waals surface area contributed by atoms with E-state index in [1.807, 2.05) is 6.92 Å². The maximum Gasteiger partial charge on any atom is 0.246 e. The first-order valence-electron chi connectivity index (χ1n) is 5.27. The number of rotatable bonds is 5. The standard InChI is InChI=1S/C10H16N4O2/c1-10(5-12-6-10)16-4-9(15)13-3-8-2-11-7-14-8/h2,7,12H,3-6H2,1H3,(H,11,14)(H,13,15). The molecular weight excluding hydrogens is 208 g/mol. The Hall–Kier alpha value is -1.40. The number of hydrogen-bond acceptors (Lipinski definition) is 4. The number of carbonyl (C=O) groups is 1. The van der Waals surface area contributed by atoms with Crippen LogP contribution in [-0.4, -0.2) is 41.2 Å². The molecule has 0 saturated carbocycles. The molecule has 0 bridgehead atoms. The summed E-state index contributed by atoms with van der Waals surface area (Å²) in [5, 5.41) is 5.86. The van der Waals surface area contributed by atoms with Crippen molar-refractivity contribution >= 4 is 5.91 Å². The van der Waals surface area contributed by atoms with Crippen molar-refractivity contribution in [3.8, 4) is 0 Å². The molecule has 1 aliphatic heterocycles. The van der Waals surface area contributed by atoms with Crippen LogP contribution in [0.5, 0.6) is 0 Å². The highest BCUT2D eigenvalue weighted by atomic mass is 16.5. The average Bonchev–Trinajstić information content (AvgIpc) is 2.73. The van der Waals surface area contributed by atoms with Gasteiger partial charge < -0.3 is 20.4 Å². The van der Waals surface area contributed by atoms with Crippen LogP contribution in [0.25, 0.3) is 0 Å². The number of nitrogens with zero attached hydrogens (tertiary/aromatic N) is 1. The van der Waals surface area contributed by atoms with Crippen molar-refractivity contribution in [2.45, 2.75) is 19.1 Å². The second-order valence-corrected chi connectivity index (χ2v) is 4.20. The zero-order valence-corrected chi connectivity index (χ0v) is 9.25. The second kappa shape index (κ2) is 4.63. The fourth-order valence-corrected chi connectivity index (χ4v) is 1.45. The molecule has 1 amide bonds. The van der Waals surface area contributed by atoms with Crippen molar-refractivity contribution in [2.75, 3.05) is 19.7 Å². The molecule has 6 heteroatoms. The molecule has 88 valence electrons. The van der Waals surface area contributed by atoms with E-state index in [0.29, 0.717) is 6.54 Å². The molecule has 0 spiro atoms. The van der Waals surface area contributed by atoms with Crippen LogP contribution in [0, 0.1) is 0 Å². The highest BCUT2D eigenvalue weighted by Gasteiger charge is 2.32. The van der Waals surface area contributed by atoms with Gasteiger partial charge in [-0.05, 0) is 6.92 Å². The van der Waals surface area contributed by atoms with Crippen molar-refractivity contribution in [3.05, 3.63) is 18.2 Å². The van der Waals surface area contributed by atoms with Crippen LogP contribution >= 0.6 is 0 Å². The van der Waals surface area contributed by atoms with Gasteiger partial charge in [0.1, 0.15) is 6.61 Å². The molecule has 6 nitrogen and oxygen atoms in total. The van der Waals surface area contributed by atoms with Gasteiger partial charge in [0.05, 0.1) is 24.2 Å². The maximum absolute atomic E-state index is 11.4. The van der Waals surface area contributed by atoms with Crippen LogP contribution in [0.15, 0.2) is 12.5 Å². The van der Waals surface area contributed by atoms with E-state index in [1.165, 1.54) is 0 Å². The third kappa shape index (κ3) is 2.80. The molecule has 3 N–H and O–H groups in total. The minimum atomic E-state index is -0.175. The molecule has 1 aliphatic rings. The molecule has 1 saturated heterocycles. The van der Waals surface area contributed by atoms with Crippen LogP contribution < -0.4 is 10.6 Å². The van der Waals surface area contributed by atoms with Gasteiger partial charge in [-0.3, -0.25) is 4.79 Å². The Bertz CT molecular complexity index is 346. The first kappa shape index (κ1) is 11.1. The Kier molecular flexibility index (Phi) is 3.21. The molecule has 16 heavy (non-hydrogen) atoms. The Balaban J connectivity index is 1.65. The van der Waals surface area contributed by atoms with Crippen molar-refractivity contribution in [3.63, 3.8) is 0 Å². The van der Waals surface area contributed by atoms with E-state index in [0.717, 1.165) is 18.8 Å². The number of aromatic nitrogens is 2. The van der Waals surface area contributed by atoms with Gasteiger partial charge in [0.15, 0.2) is 0 Å². The number of nitrogens with one attached hydrogen (secondary N) is 3. The summed E-state index contributed by atoms with van der Waals surface area (Å²) in [4.78, 5) is 18.2. The van der Waals surface area contributed by atoms with Gasteiger partial charge in [0.25, 0.3) is 0 Å². The number of H-pyrrole nitrogens is 1. The second-order valence-electron chi connectivity index (χ2n) is 4.20. The summed E-state index contributed by atoms with van der Waals surface area (Å²) < 4.78 is 5.50. The summed E-state index contributed by atoms with van der Waals surface area (Å²) in [5.41, 5.74) is 0.704. The van der Waals surface area contributed by atoms with Gasteiger partial charge in [-0.1, -0.05) is 0 Å². The molecule has 0 radical (unpaired) electrons. The first-order chi connectivity index (χ1) is 7.68. The number of aromatic amines is 1.